The minimum absolute atomic E-state index is 0.766. The SMILES string of the molecule is CCCNCCCCCOc1ccc(Cl)cc1C. The van der Waals surface area contributed by atoms with Crippen molar-refractivity contribution in [1.29, 1.82) is 0 Å². The molecular weight excluding hydrogens is 246 g/mol. The molecule has 18 heavy (non-hydrogen) atoms. The zero-order chi connectivity index (χ0) is 13.2. The molecule has 1 aromatic rings. The Hall–Kier alpha value is -0.730. The molecule has 0 spiro atoms. The van der Waals surface area contributed by atoms with Crippen LogP contribution < -0.4 is 10.1 Å². The summed E-state index contributed by atoms with van der Waals surface area (Å²) in [4.78, 5) is 0. The van der Waals surface area contributed by atoms with E-state index in [2.05, 4.69) is 12.2 Å². The van der Waals surface area contributed by atoms with Crippen LogP contribution in [-0.4, -0.2) is 19.7 Å². The number of unbranched alkanes of at least 4 members (excludes halogenated alkanes) is 2. The van der Waals surface area contributed by atoms with Crippen LogP contribution in [0.4, 0.5) is 0 Å². The number of ether oxygens (including phenoxy) is 1. The number of halogens is 1. The molecule has 0 atom stereocenters. The van der Waals surface area contributed by atoms with E-state index in [1.54, 1.807) is 0 Å². The molecule has 0 fully saturated rings. The Morgan fingerprint density at radius 1 is 1.17 bits per heavy atom. The monoisotopic (exact) mass is 269 g/mol. The lowest BCUT2D eigenvalue weighted by molar-refractivity contribution is 0.303. The topological polar surface area (TPSA) is 21.3 Å². The maximum Gasteiger partial charge on any atom is 0.122 e. The maximum atomic E-state index is 5.90. The summed E-state index contributed by atoms with van der Waals surface area (Å²) in [5, 5.41) is 4.17. The lowest BCUT2D eigenvalue weighted by Crippen LogP contribution is -2.15. The van der Waals surface area contributed by atoms with Gasteiger partial charge in [-0.3, -0.25) is 0 Å². The molecule has 0 saturated heterocycles. The second kappa shape index (κ2) is 9.23. The van der Waals surface area contributed by atoms with Crippen LogP contribution in [0, 0.1) is 6.92 Å². The van der Waals surface area contributed by atoms with Gasteiger partial charge >= 0.3 is 0 Å². The number of rotatable bonds is 9. The fourth-order valence-corrected chi connectivity index (χ4v) is 2.01. The summed E-state index contributed by atoms with van der Waals surface area (Å²) in [5.74, 6) is 0.948. The van der Waals surface area contributed by atoms with Crippen molar-refractivity contribution in [2.24, 2.45) is 0 Å². The summed E-state index contributed by atoms with van der Waals surface area (Å²) in [5.41, 5.74) is 1.10. The Bertz CT molecular complexity index is 341. The summed E-state index contributed by atoms with van der Waals surface area (Å²) in [6, 6.07) is 5.75. The minimum atomic E-state index is 0.766. The molecule has 1 aromatic carbocycles. The zero-order valence-electron chi connectivity index (χ0n) is 11.5. The predicted octanol–water partition coefficient (Wildman–Crippen LogP) is 4.20. The Balaban J connectivity index is 2.07. The van der Waals surface area contributed by atoms with Crippen LogP contribution in [0.3, 0.4) is 0 Å². The molecule has 0 radical (unpaired) electrons. The summed E-state index contributed by atoms with van der Waals surface area (Å²) in [6.07, 6.45) is 4.75. The number of aryl methyl sites for hydroxylation is 1. The number of nitrogens with one attached hydrogen (secondary N) is 1. The van der Waals surface area contributed by atoms with E-state index in [9.17, 15) is 0 Å². The highest BCUT2D eigenvalue weighted by Gasteiger charge is 1.99. The van der Waals surface area contributed by atoms with Crippen molar-refractivity contribution in [3.05, 3.63) is 28.8 Å². The second-order valence-corrected chi connectivity index (χ2v) is 5.01. The van der Waals surface area contributed by atoms with Crippen LogP contribution in [0.25, 0.3) is 0 Å². The first-order valence-corrected chi connectivity index (χ1v) is 7.21. The van der Waals surface area contributed by atoms with Crippen LogP contribution in [0.2, 0.25) is 5.02 Å². The van der Waals surface area contributed by atoms with Gasteiger partial charge in [0.2, 0.25) is 0 Å². The van der Waals surface area contributed by atoms with E-state index in [4.69, 9.17) is 16.3 Å². The van der Waals surface area contributed by atoms with Crippen LogP contribution in [0.1, 0.15) is 38.2 Å². The molecule has 0 aliphatic rings. The normalized spacial score (nSPS) is 10.6. The predicted molar refractivity (Wildman–Crippen MR) is 78.7 cm³/mol. The van der Waals surface area contributed by atoms with Gasteiger partial charge in [-0.1, -0.05) is 18.5 Å². The molecule has 3 heteroatoms. The molecule has 1 N–H and O–H groups in total. The third-order valence-electron chi connectivity index (χ3n) is 2.82. The van der Waals surface area contributed by atoms with E-state index in [1.165, 1.54) is 19.3 Å². The van der Waals surface area contributed by atoms with Crippen molar-refractivity contribution in [3.63, 3.8) is 0 Å². The van der Waals surface area contributed by atoms with Gasteiger partial charge in [0, 0.05) is 5.02 Å². The fraction of sp³-hybridized carbons (Fsp3) is 0.600. The van der Waals surface area contributed by atoms with Crippen LogP contribution >= 0.6 is 11.6 Å². The van der Waals surface area contributed by atoms with E-state index in [0.29, 0.717) is 0 Å². The van der Waals surface area contributed by atoms with Gasteiger partial charge in [-0.25, -0.2) is 0 Å². The van der Waals surface area contributed by atoms with Gasteiger partial charge in [0.25, 0.3) is 0 Å². The summed E-state index contributed by atoms with van der Waals surface area (Å²) >= 11 is 5.90. The van der Waals surface area contributed by atoms with Crippen molar-refractivity contribution in [1.82, 2.24) is 5.32 Å². The van der Waals surface area contributed by atoms with Gasteiger partial charge in [-0.2, -0.15) is 0 Å². The van der Waals surface area contributed by atoms with Gasteiger partial charge in [-0.05, 0) is 69.5 Å². The van der Waals surface area contributed by atoms with Crippen molar-refractivity contribution in [2.75, 3.05) is 19.7 Å². The maximum absolute atomic E-state index is 5.90. The highest BCUT2D eigenvalue weighted by atomic mass is 35.5. The van der Waals surface area contributed by atoms with E-state index >= 15 is 0 Å². The quantitative estimate of drug-likeness (QED) is 0.679. The highest BCUT2D eigenvalue weighted by molar-refractivity contribution is 6.30. The second-order valence-electron chi connectivity index (χ2n) is 4.57. The number of benzene rings is 1. The van der Waals surface area contributed by atoms with Crippen molar-refractivity contribution in [2.45, 2.75) is 39.5 Å². The molecule has 0 amide bonds. The molecule has 0 aliphatic heterocycles. The molecule has 0 aromatic heterocycles. The van der Waals surface area contributed by atoms with E-state index in [0.717, 1.165) is 42.5 Å². The average molecular weight is 270 g/mol. The number of hydrogen-bond acceptors (Lipinski definition) is 2. The molecule has 1 rings (SSSR count). The smallest absolute Gasteiger partial charge is 0.122 e. The molecule has 0 bridgehead atoms. The Morgan fingerprint density at radius 2 is 2.00 bits per heavy atom. The Labute approximate surface area is 116 Å². The first-order valence-electron chi connectivity index (χ1n) is 6.83. The van der Waals surface area contributed by atoms with E-state index < -0.39 is 0 Å². The first kappa shape index (κ1) is 15.3. The minimum Gasteiger partial charge on any atom is -0.493 e. The lowest BCUT2D eigenvalue weighted by Gasteiger charge is -2.09. The standard InChI is InChI=1S/C15H24ClNO/c1-3-9-17-10-5-4-6-11-18-15-8-7-14(16)12-13(15)2/h7-8,12,17H,3-6,9-11H2,1-2H3. The third-order valence-corrected chi connectivity index (χ3v) is 3.05. The molecular formula is C15H24ClNO. The van der Waals surface area contributed by atoms with Crippen molar-refractivity contribution < 1.29 is 4.74 Å². The molecule has 0 saturated carbocycles. The highest BCUT2D eigenvalue weighted by Crippen LogP contribution is 2.21. The van der Waals surface area contributed by atoms with Gasteiger partial charge in [0.1, 0.15) is 5.75 Å². The molecule has 2 nitrogen and oxygen atoms in total. The molecule has 0 unspecified atom stereocenters. The van der Waals surface area contributed by atoms with Gasteiger partial charge < -0.3 is 10.1 Å². The van der Waals surface area contributed by atoms with Crippen molar-refractivity contribution in [3.8, 4) is 5.75 Å². The molecule has 102 valence electrons. The van der Waals surface area contributed by atoms with Crippen LogP contribution in [0.15, 0.2) is 18.2 Å². The third kappa shape index (κ3) is 6.27. The number of hydrogen-bond donors (Lipinski definition) is 1. The average Bonchev–Trinajstić information content (AvgIpc) is 2.35. The van der Waals surface area contributed by atoms with Gasteiger partial charge in [0.15, 0.2) is 0 Å². The van der Waals surface area contributed by atoms with Crippen LogP contribution in [0.5, 0.6) is 5.75 Å². The fourth-order valence-electron chi connectivity index (χ4n) is 1.79. The van der Waals surface area contributed by atoms with Crippen molar-refractivity contribution >= 4 is 11.6 Å². The Kier molecular flexibility index (Phi) is 7.86. The molecule has 0 aliphatic carbocycles. The van der Waals surface area contributed by atoms with Gasteiger partial charge in [-0.15, -0.1) is 0 Å². The Morgan fingerprint density at radius 3 is 2.72 bits per heavy atom. The van der Waals surface area contributed by atoms with E-state index in [-0.39, 0.29) is 0 Å². The summed E-state index contributed by atoms with van der Waals surface area (Å²) in [6.45, 7) is 7.25. The van der Waals surface area contributed by atoms with E-state index in [1.807, 2.05) is 25.1 Å². The van der Waals surface area contributed by atoms with Crippen LogP contribution in [-0.2, 0) is 0 Å². The zero-order valence-corrected chi connectivity index (χ0v) is 12.2. The van der Waals surface area contributed by atoms with Gasteiger partial charge in [0.05, 0.1) is 6.61 Å². The first-order chi connectivity index (χ1) is 8.74. The lowest BCUT2D eigenvalue weighted by atomic mass is 10.2. The molecule has 0 heterocycles. The summed E-state index contributed by atoms with van der Waals surface area (Å²) in [7, 11) is 0. The summed E-state index contributed by atoms with van der Waals surface area (Å²) < 4.78 is 5.74. The largest absolute Gasteiger partial charge is 0.493 e.